The van der Waals surface area contributed by atoms with Crippen LogP contribution in [0.1, 0.15) is 22.3 Å². The van der Waals surface area contributed by atoms with Gasteiger partial charge in [0.25, 0.3) is 0 Å². The molecule has 13 rings (SSSR count). The van der Waals surface area contributed by atoms with E-state index in [0.717, 1.165) is 82.3 Å². The van der Waals surface area contributed by atoms with Crippen molar-refractivity contribution in [3.63, 3.8) is 0 Å². The van der Waals surface area contributed by atoms with Gasteiger partial charge < -0.3 is 9.47 Å². The van der Waals surface area contributed by atoms with Crippen LogP contribution in [-0.2, 0) is 7.05 Å². The third-order valence-electron chi connectivity index (χ3n) is 12.6. The van der Waals surface area contributed by atoms with E-state index in [1.165, 1.54) is 21.4 Å². The van der Waals surface area contributed by atoms with Crippen LogP contribution in [0.2, 0.25) is 0 Å². The van der Waals surface area contributed by atoms with E-state index in [4.69, 9.17) is 25.0 Å². The summed E-state index contributed by atoms with van der Waals surface area (Å²) in [6, 6.07) is 47.5. The number of amidine groups is 3. The molecule has 1 aliphatic carbocycles. The van der Waals surface area contributed by atoms with Crippen LogP contribution >= 0.6 is 0 Å². The number of aliphatic imine (C=N–C) groups is 3. The van der Waals surface area contributed by atoms with Gasteiger partial charge in [0.1, 0.15) is 17.1 Å². The number of allylic oxidation sites excluding steroid dienone is 1. The Morgan fingerprint density at radius 1 is 0.466 bits per heavy atom. The van der Waals surface area contributed by atoms with E-state index in [1.54, 1.807) is 0 Å². The van der Waals surface area contributed by atoms with Crippen molar-refractivity contribution < 1.29 is 0 Å². The van der Waals surface area contributed by atoms with Crippen LogP contribution in [-0.4, -0.2) is 40.2 Å². The van der Waals surface area contributed by atoms with E-state index in [1.807, 2.05) is 0 Å². The number of benzene rings is 7. The Morgan fingerprint density at radius 3 is 1.55 bits per heavy atom. The fraction of sp³-hybridized carbons (Fsp3) is 0.0784. The first kappa shape index (κ1) is 31.7. The first-order chi connectivity index (χ1) is 28.5. The highest BCUT2D eigenvalue weighted by Crippen LogP contribution is 2.42. The van der Waals surface area contributed by atoms with Crippen molar-refractivity contribution in [2.45, 2.75) is 6.17 Å². The van der Waals surface area contributed by atoms with Gasteiger partial charge in [0, 0.05) is 58.7 Å². The molecule has 0 spiro atoms. The Morgan fingerprint density at radius 2 is 0.948 bits per heavy atom. The molecule has 0 amide bonds. The molecule has 0 saturated carbocycles. The van der Waals surface area contributed by atoms with Gasteiger partial charge in [-0.15, -0.1) is 0 Å². The third-order valence-corrected chi connectivity index (χ3v) is 12.6. The van der Waals surface area contributed by atoms with E-state index in [9.17, 15) is 0 Å². The van der Waals surface area contributed by atoms with Gasteiger partial charge in [-0.1, -0.05) is 103 Å². The second-order valence-corrected chi connectivity index (χ2v) is 15.8. The molecular formula is C51H33N7. The van der Waals surface area contributed by atoms with Crippen molar-refractivity contribution in [2.75, 3.05) is 7.05 Å². The molecule has 272 valence electrons. The predicted molar refractivity (Wildman–Crippen MR) is 235 cm³/mol. The Bertz CT molecular complexity index is 3670. The average molecular weight is 744 g/mol. The highest BCUT2D eigenvalue weighted by atomic mass is 15.3. The van der Waals surface area contributed by atoms with Gasteiger partial charge in [0.05, 0.1) is 5.70 Å². The van der Waals surface area contributed by atoms with Gasteiger partial charge in [-0.25, -0.2) is 25.0 Å². The number of hydrogen-bond acceptors (Lipinski definition) is 6. The summed E-state index contributed by atoms with van der Waals surface area (Å²) >= 11 is 0. The molecule has 8 bridgehead atoms. The molecule has 7 heteroatoms. The van der Waals surface area contributed by atoms with Crippen molar-refractivity contribution in [3.8, 4) is 0 Å². The fourth-order valence-corrected chi connectivity index (χ4v) is 9.65. The quantitative estimate of drug-likeness (QED) is 0.161. The van der Waals surface area contributed by atoms with E-state index >= 15 is 0 Å². The molecule has 0 N–H and O–H groups in total. The minimum atomic E-state index is -0.253. The molecule has 7 nitrogen and oxygen atoms in total. The first-order valence-corrected chi connectivity index (χ1v) is 19.8. The van der Waals surface area contributed by atoms with Gasteiger partial charge >= 0.3 is 0 Å². The van der Waals surface area contributed by atoms with Crippen LogP contribution in [0.3, 0.4) is 0 Å². The lowest BCUT2D eigenvalue weighted by Crippen LogP contribution is -2.34. The van der Waals surface area contributed by atoms with Crippen molar-refractivity contribution in [1.29, 1.82) is 0 Å². The van der Waals surface area contributed by atoms with Crippen molar-refractivity contribution >= 4 is 78.4 Å². The molecule has 0 fully saturated rings. The Balaban J connectivity index is 1.18. The monoisotopic (exact) mass is 743 g/mol. The molecule has 5 heterocycles. The number of nitrogens with zero attached hydrogens (tertiary/aromatic N) is 7. The molecule has 1 aromatic heterocycles. The van der Waals surface area contributed by atoms with Crippen LogP contribution in [0.5, 0.6) is 0 Å². The maximum Gasteiger partial charge on any atom is 0.164 e. The highest BCUT2D eigenvalue weighted by molar-refractivity contribution is 6.24. The Kier molecular flexibility index (Phi) is 6.29. The minimum Gasteiger partial charge on any atom is -0.352 e. The van der Waals surface area contributed by atoms with Crippen molar-refractivity contribution in [3.05, 3.63) is 194 Å². The van der Waals surface area contributed by atoms with E-state index in [2.05, 4.69) is 175 Å². The van der Waals surface area contributed by atoms with Gasteiger partial charge in [0.2, 0.25) is 0 Å². The predicted octanol–water partition coefficient (Wildman–Crippen LogP) is 7.32. The lowest BCUT2D eigenvalue weighted by atomic mass is 9.91. The maximum atomic E-state index is 5.61. The summed E-state index contributed by atoms with van der Waals surface area (Å²) in [5, 5.41) is 11.3. The lowest BCUT2D eigenvalue weighted by molar-refractivity contribution is 0.327. The first-order valence-electron chi connectivity index (χ1n) is 19.8. The van der Waals surface area contributed by atoms with Gasteiger partial charge in [-0.3, -0.25) is 0 Å². The molecule has 2 unspecified atom stereocenters. The average Bonchev–Trinajstić information content (AvgIpc) is 3.92. The van der Waals surface area contributed by atoms with Crippen LogP contribution in [0.4, 0.5) is 0 Å². The zero-order valence-corrected chi connectivity index (χ0v) is 31.7. The molecule has 5 aliphatic rings. The largest absolute Gasteiger partial charge is 0.352 e. The fourth-order valence-electron chi connectivity index (χ4n) is 9.65. The van der Waals surface area contributed by atoms with E-state index < -0.39 is 0 Å². The SMILES string of the molecule is CN1C2=C3C=c4ccccc4=CC3C1N=C1N=C(N=c3c4cc5ccccc5cc4c(n3C)=NC3=NC(=C2)c2cc4ccccc4cc23)c2cc3ccccc3cc21. The van der Waals surface area contributed by atoms with E-state index in [-0.39, 0.29) is 12.1 Å². The molecule has 7 aromatic carbocycles. The number of aromatic nitrogens is 1. The number of likely N-dealkylation sites (N-methyl/N-ethyl adjacent to an activating group) is 1. The highest BCUT2D eigenvalue weighted by Gasteiger charge is 2.39. The number of hydrogen-bond donors (Lipinski definition) is 0. The Hall–Kier alpha value is -7.51. The minimum absolute atomic E-state index is 0.00659. The summed E-state index contributed by atoms with van der Waals surface area (Å²) in [4.78, 5) is 29.7. The lowest BCUT2D eigenvalue weighted by Gasteiger charge is -2.24. The molecular weight excluding hydrogens is 711 g/mol. The maximum absolute atomic E-state index is 5.61. The third kappa shape index (κ3) is 4.47. The number of rotatable bonds is 0. The molecule has 8 aromatic rings. The zero-order chi connectivity index (χ0) is 38.2. The summed E-state index contributed by atoms with van der Waals surface area (Å²) in [5.41, 5.74) is 8.80. The van der Waals surface area contributed by atoms with Crippen LogP contribution in [0.25, 0.3) is 60.9 Å². The summed E-state index contributed by atoms with van der Waals surface area (Å²) in [6.45, 7) is 0. The van der Waals surface area contributed by atoms with Gasteiger partial charge in [-0.05, 0) is 96.9 Å². The van der Waals surface area contributed by atoms with E-state index in [0.29, 0.717) is 17.5 Å². The summed E-state index contributed by atoms with van der Waals surface area (Å²) in [5.74, 6) is 2.01. The molecule has 58 heavy (non-hydrogen) atoms. The van der Waals surface area contributed by atoms with Crippen LogP contribution in [0, 0.1) is 5.92 Å². The summed E-state index contributed by atoms with van der Waals surface area (Å²) in [6.07, 6.45) is 6.72. The smallest absolute Gasteiger partial charge is 0.164 e. The van der Waals surface area contributed by atoms with Crippen molar-refractivity contribution in [2.24, 2.45) is 37.9 Å². The molecule has 0 radical (unpaired) electrons. The topological polar surface area (TPSA) is 70.0 Å². The van der Waals surface area contributed by atoms with Crippen LogP contribution < -0.4 is 21.4 Å². The van der Waals surface area contributed by atoms with Gasteiger partial charge in [-0.2, -0.15) is 0 Å². The Labute approximate surface area is 332 Å². The second-order valence-electron chi connectivity index (χ2n) is 15.8. The standard InChI is InChI=1S/C51H33N7/c1-57-45-27-44-36-19-28-11-3-5-13-30(28)21-38(36)46(52-44)54-50-42-25-34-17-9-10-18-35(34)26-43(42)51(58(50)2)56-48-40-23-32-15-7-6-14-31(32)22-39(40)47(53-48)55-49(57)41-24-33-16-8-4-12-29(33)20-37(41)45/h3-27,41,49H,1-2H3. The molecule has 0 saturated heterocycles. The van der Waals surface area contributed by atoms with Crippen LogP contribution in [0.15, 0.2) is 176 Å². The summed E-state index contributed by atoms with van der Waals surface area (Å²) in [7, 11) is 4.21. The molecule has 4 aliphatic heterocycles. The second kappa shape index (κ2) is 11.5. The molecule has 2 atom stereocenters. The van der Waals surface area contributed by atoms with Gasteiger partial charge in [0.15, 0.2) is 17.5 Å². The summed E-state index contributed by atoms with van der Waals surface area (Å²) < 4.78 is 2.11. The number of fused-ring (bicyclic) bond motifs is 21. The van der Waals surface area contributed by atoms with Crippen molar-refractivity contribution in [1.82, 2.24) is 9.47 Å². The zero-order valence-electron chi connectivity index (χ0n) is 31.7. The normalized spacial score (nSPS) is 18.7.